The number of likely N-dealkylation sites (N-methyl/N-ethyl adjacent to an activating group) is 1. The molecular formula is C85H158N8O26. The van der Waals surface area contributed by atoms with Crippen LogP contribution in [0.25, 0.3) is 0 Å². The number of nitrogens with one attached hydrogen (secondary N) is 6. The van der Waals surface area contributed by atoms with E-state index in [1.54, 1.807) is 90.0 Å². The minimum atomic E-state index is -1.18. The van der Waals surface area contributed by atoms with Gasteiger partial charge in [0.1, 0.15) is 76.3 Å². The summed E-state index contributed by atoms with van der Waals surface area (Å²) in [6.45, 7) is 61.7. The third kappa shape index (κ3) is 73.2. The van der Waals surface area contributed by atoms with Crippen LogP contribution < -0.4 is 37.6 Å². The SMILES string of the molecule is CC(C)CC(C=O)NC(=O)OC(C)(C)C.CC(C)CC(N)C(=O)O.CC(C)CC(NC(=O)OC(C)(C)C)C(=O)O.CC(C)CC(NC(=O)OC(C)(C)C)C1CCC(=O)O1.CC(C)CC(NC(=O)OC(C)(C)C)[C@@H]1CCC(=O)O1.CCOC(=O)C#CC(O)C(CC(C)C)NC(=O)OC(C)(C)C.CON(C)C(=O)C(CC(C)C)NC(=O)OC(C)(C)C. The van der Waals surface area contributed by atoms with E-state index in [9.17, 15) is 67.4 Å². The summed E-state index contributed by atoms with van der Waals surface area (Å²) in [6.07, 6.45) is 1.98. The molecule has 9 unspecified atom stereocenters. The summed E-state index contributed by atoms with van der Waals surface area (Å²) in [5.41, 5.74) is 1.78. The molecular weight excluding hydrogens is 1550 g/mol. The maximum Gasteiger partial charge on any atom is 0.408 e. The van der Waals surface area contributed by atoms with Gasteiger partial charge in [-0.3, -0.25) is 24.0 Å². The number of nitrogens with zero attached hydrogens (tertiary/aromatic N) is 1. The van der Waals surface area contributed by atoms with E-state index in [1.165, 1.54) is 14.2 Å². The fourth-order valence-electron chi connectivity index (χ4n) is 10.2. The monoisotopic (exact) mass is 1710 g/mol. The molecule has 0 aromatic heterocycles. The maximum atomic E-state index is 12.0. The first-order valence-corrected chi connectivity index (χ1v) is 41.1. The Morgan fingerprint density at radius 3 is 1.03 bits per heavy atom. The van der Waals surface area contributed by atoms with Crippen molar-refractivity contribution < 1.29 is 125 Å². The summed E-state index contributed by atoms with van der Waals surface area (Å²) < 4.78 is 46.0. The van der Waals surface area contributed by atoms with Crippen LogP contribution in [0.1, 0.15) is 299 Å². The van der Waals surface area contributed by atoms with Crippen LogP contribution in [-0.2, 0) is 81.0 Å². The van der Waals surface area contributed by atoms with Crippen LogP contribution in [0, 0.1) is 53.3 Å². The summed E-state index contributed by atoms with van der Waals surface area (Å²) in [7, 11) is 2.91. The lowest BCUT2D eigenvalue weighted by molar-refractivity contribution is -0.171. The molecule has 694 valence electrons. The van der Waals surface area contributed by atoms with Crippen molar-refractivity contribution in [1.29, 1.82) is 0 Å². The fourth-order valence-corrected chi connectivity index (χ4v) is 10.2. The van der Waals surface area contributed by atoms with Crippen LogP contribution in [0.2, 0.25) is 0 Å². The van der Waals surface area contributed by atoms with Crippen LogP contribution in [0.4, 0.5) is 28.8 Å². The van der Waals surface area contributed by atoms with Crippen molar-refractivity contribution in [3.05, 3.63) is 0 Å². The van der Waals surface area contributed by atoms with Gasteiger partial charge in [-0.2, -0.15) is 0 Å². The van der Waals surface area contributed by atoms with Gasteiger partial charge in [0.2, 0.25) is 0 Å². The second-order valence-electron chi connectivity index (χ2n) is 37.8. The first kappa shape index (κ1) is 119. The fraction of sp³-hybridized carbons (Fsp3) is 0.824. The van der Waals surface area contributed by atoms with Crippen molar-refractivity contribution in [1.82, 2.24) is 37.0 Å². The standard InChI is InChI=1S/C16H27NO5.2C14H25NO4.C13H26N2O4.C11H21NO4.C11H21NO3.C6H13NO2/c1-7-21-14(19)9-8-13(18)12(10-11(2)3)17-15(20)22-16(4,5)6;2*1-9(2)8-10(11-6-7-12(16)18-11)15-13(17)19-14(3,4)5;1-9(2)8-10(11(16)15(6)18-7)14-12(17)19-13(3,4)5;1-7(2)6-8(9(13)14)12-10(15)16-11(3,4)5;1-8(2)6-9(7-13)12-10(14)15-11(3,4)5;1-4(2)3-5(7)6(8)9/h11-13,18H,7,10H2,1-6H3,(H,17,20);2*9-11H,6-8H2,1-5H3,(H,15,17);9-10H,8H2,1-7H3,(H,14,17);7-8H,6H2,1-5H3,(H,12,15)(H,13,14);7-9H,6H2,1-5H3,(H,12,14);4-5H,3,7H2,1-2H3,(H,8,9)/t;10?,11-;;;;;/m.0...../s1. The van der Waals surface area contributed by atoms with E-state index < -0.39 is 124 Å². The molecule has 0 radical (unpaired) electrons. The number of aliphatic hydroxyl groups is 1. The molecule has 0 aromatic rings. The second kappa shape index (κ2) is 58.5. The molecule has 7 amide bonds. The van der Waals surface area contributed by atoms with Gasteiger partial charge in [-0.05, 0) is 231 Å². The van der Waals surface area contributed by atoms with Crippen molar-refractivity contribution in [3.8, 4) is 11.8 Å². The highest BCUT2D eigenvalue weighted by Crippen LogP contribution is 2.25. The lowest BCUT2D eigenvalue weighted by atomic mass is 9.97. The molecule has 0 aromatic carbocycles. The summed E-state index contributed by atoms with van der Waals surface area (Å²) in [6, 6.07) is -3.68. The van der Waals surface area contributed by atoms with Crippen LogP contribution in [0.3, 0.4) is 0 Å². The van der Waals surface area contributed by atoms with Gasteiger partial charge in [0.25, 0.3) is 5.91 Å². The van der Waals surface area contributed by atoms with Crippen molar-refractivity contribution >= 4 is 78.6 Å². The summed E-state index contributed by atoms with van der Waals surface area (Å²) in [5, 5.41) is 44.1. The number of nitrogens with two attached hydrogens (primary N) is 1. The Morgan fingerprint density at radius 1 is 0.462 bits per heavy atom. The number of carbonyl (C=O) groups excluding carboxylic acids is 11. The number of aliphatic carboxylic acids is 2. The minimum Gasteiger partial charge on any atom is -0.480 e. The van der Waals surface area contributed by atoms with Crippen molar-refractivity contribution in [2.45, 2.75) is 393 Å². The molecule has 0 saturated carbocycles. The Labute approximate surface area is 710 Å². The number of carboxylic acids is 2. The number of hydrogen-bond acceptors (Lipinski definition) is 25. The molecule has 0 bridgehead atoms. The first-order chi connectivity index (χ1) is 53.8. The highest BCUT2D eigenvalue weighted by atomic mass is 16.7. The van der Waals surface area contributed by atoms with E-state index >= 15 is 0 Å². The maximum absolute atomic E-state index is 12.0. The molecule has 2 fully saturated rings. The van der Waals surface area contributed by atoms with Gasteiger partial charge >= 0.3 is 66.4 Å². The Balaban J connectivity index is -0.000000429. The van der Waals surface area contributed by atoms with E-state index in [4.69, 9.17) is 58.7 Å². The number of esters is 3. The van der Waals surface area contributed by atoms with E-state index in [0.29, 0.717) is 81.5 Å². The van der Waals surface area contributed by atoms with Crippen molar-refractivity contribution in [3.63, 3.8) is 0 Å². The topological polar surface area (TPSA) is 476 Å². The molecule has 10 atom stereocenters. The van der Waals surface area contributed by atoms with Gasteiger partial charge in [-0.25, -0.2) is 43.4 Å². The second-order valence-corrected chi connectivity index (χ2v) is 37.8. The molecule has 2 heterocycles. The number of aldehydes is 1. The first-order valence-electron chi connectivity index (χ1n) is 41.1. The van der Waals surface area contributed by atoms with Crippen molar-refractivity contribution in [2.24, 2.45) is 47.2 Å². The number of hydrogen-bond donors (Lipinski definition) is 10. The Morgan fingerprint density at radius 2 is 0.765 bits per heavy atom. The predicted molar refractivity (Wildman–Crippen MR) is 453 cm³/mol. The number of aliphatic hydroxyl groups excluding tert-OH is 1. The molecule has 2 saturated heterocycles. The van der Waals surface area contributed by atoms with E-state index in [0.717, 1.165) is 24.2 Å². The average Bonchev–Trinajstić information content (AvgIpc) is 1.80. The van der Waals surface area contributed by atoms with Crippen LogP contribution in [0.15, 0.2) is 0 Å². The molecule has 0 aliphatic carbocycles. The zero-order valence-electron chi connectivity index (χ0n) is 78.6. The van der Waals surface area contributed by atoms with Gasteiger partial charge in [-0.1, -0.05) is 103 Å². The zero-order valence-corrected chi connectivity index (χ0v) is 78.6. The number of amides is 7. The molecule has 119 heavy (non-hydrogen) atoms. The number of carbonyl (C=O) groups is 13. The Bertz CT molecular complexity index is 3020. The van der Waals surface area contributed by atoms with Crippen LogP contribution in [0.5, 0.6) is 0 Å². The summed E-state index contributed by atoms with van der Waals surface area (Å²) in [4.78, 5) is 152. The highest BCUT2D eigenvalue weighted by Gasteiger charge is 2.37. The lowest BCUT2D eigenvalue weighted by Gasteiger charge is -2.27. The highest BCUT2D eigenvalue weighted by molar-refractivity contribution is 5.88. The normalized spacial score (nSPS) is 15.9. The van der Waals surface area contributed by atoms with Gasteiger partial charge in [0, 0.05) is 25.8 Å². The number of cyclic esters (lactones) is 2. The van der Waals surface area contributed by atoms with Gasteiger partial charge in [-0.15, -0.1) is 0 Å². The van der Waals surface area contributed by atoms with Crippen LogP contribution >= 0.6 is 0 Å². The Hall–Kier alpha value is -8.45. The number of ether oxygens (including phenoxy) is 9. The quantitative estimate of drug-likeness (QED) is 0.00830. The third-order valence-corrected chi connectivity index (χ3v) is 14.6. The Kier molecular flexibility index (Phi) is 58.5. The van der Waals surface area contributed by atoms with Gasteiger partial charge in [0.05, 0.1) is 37.9 Å². The number of carboxylic acid groups (broad SMARTS) is 2. The van der Waals surface area contributed by atoms with E-state index in [2.05, 4.69) is 76.2 Å². The lowest BCUT2D eigenvalue weighted by Crippen LogP contribution is -2.49. The smallest absolute Gasteiger partial charge is 0.408 e. The molecule has 0 spiro atoms. The average molecular weight is 1710 g/mol. The largest absolute Gasteiger partial charge is 0.480 e. The number of alkyl carbamates (subject to hydrolysis) is 6. The molecule has 34 nitrogen and oxygen atoms in total. The van der Waals surface area contributed by atoms with E-state index in [1.807, 2.05) is 111 Å². The third-order valence-electron chi connectivity index (χ3n) is 14.6. The molecule has 34 heteroatoms. The zero-order chi connectivity index (χ0) is 94.2. The molecule has 2 rings (SSSR count). The summed E-state index contributed by atoms with van der Waals surface area (Å²) >= 11 is 0. The van der Waals surface area contributed by atoms with E-state index in [-0.39, 0.29) is 66.5 Å². The molecule has 11 N–H and O–H groups in total. The number of hydroxylamine groups is 2. The summed E-state index contributed by atoms with van der Waals surface area (Å²) in [5.74, 6) is 3.45. The van der Waals surface area contributed by atoms with Crippen LogP contribution in [-0.4, -0.2) is 214 Å². The van der Waals surface area contributed by atoms with Gasteiger partial charge in [0.15, 0.2) is 0 Å². The van der Waals surface area contributed by atoms with Gasteiger partial charge < -0.3 is 100 Å². The van der Waals surface area contributed by atoms with Crippen molar-refractivity contribution in [2.75, 3.05) is 20.8 Å². The minimum absolute atomic E-state index is 0.179. The molecule has 2 aliphatic rings. The number of rotatable bonds is 29. The molecule has 2 aliphatic heterocycles. The predicted octanol–water partition coefficient (Wildman–Crippen LogP) is 13.6.